The largest absolute Gasteiger partial charge is 0.373 e. The Labute approximate surface area is 80.1 Å². The van der Waals surface area contributed by atoms with Crippen molar-refractivity contribution >= 4 is 6.29 Å². The van der Waals surface area contributed by atoms with E-state index in [0.717, 1.165) is 19.4 Å². The van der Waals surface area contributed by atoms with Gasteiger partial charge in [0.1, 0.15) is 6.29 Å². The zero-order valence-electron chi connectivity index (χ0n) is 8.96. The van der Waals surface area contributed by atoms with Crippen molar-refractivity contribution in [3.8, 4) is 0 Å². The maximum atomic E-state index is 10.9. The molecule has 0 aliphatic carbocycles. The molecule has 0 unspecified atom stereocenters. The summed E-state index contributed by atoms with van der Waals surface area (Å²) >= 11 is 0. The van der Waals surface area contributed by atoms with Crippen LogP contribution in [0.2, 0.25) is 0 Å². The average Bonchev–Trinajstić information content (AvgIpc) is 2.03. The Bertz CT molecular complexity index is 199. The molecular formula is C10H19NO2. The van der Waals surface area contributed by atoms with Gasteiger partial charge in [-0.1, -0.05) is 0 Å². The Balaban J connectivity index is 2.67. The number of hydrogen-bond acceptors (Lipinski definition) is 3. The number of nitrogens with zero attached hydrogens (tertiary/aromatic N) is 1. The van der Waals surface area contributed by atoms with E-state index in [9.17, 15) is 4.79 Å². The summed E-state index contributed by atoms with van der Waals surface area (Å²) in [5.41, 5.74) is -0.487. The molecule has 3 nitrogen and oxygen atoms in total. The van der Waals surface area contributed by atoms with Crippen LogP contribution in [0.15, 0.2) is 0 Å². The van der Waals surface area contributed by atoms with Gasteiger partial charge in [-0.05, 0) is 27.7 Å². The molecule has 0 radical (unpaired) electrons. The van der Waals surface area contributed by atoms with Crippen molar-refractivity contribution in [3.05, 3.63) is 0 Å². The summed E-state index contributed by atoms with van der Waals surface area (Å²) in [6.45, 7) is 10.4. The van der Waals surface area contributed by atoms with Crippen molar-refractivity contribution in [2.45, 2.75) is 38.8 Å². The lowest BCUT2D eigenvalue weighted by atomic mass is 9.99. The van der Waals surface area contributed by atoms with E-state index in [1.165, 1.54) is 0 Å². The molecule has 0 amide bonds. The summed E-state index contributed by atoms with van der Waals surface area (Å²) in [5, 5.41) is 0. The molecule has 1 aliphatic heterocycles. The average molecular weight is 185 g/mol. The zero-order chi connectivity index (χ0) is 10.1. The standard InChI is InChI=1S/C10H19NO2/c1-9(2,8-12)11-5-6-13-10(3,4)7-11/h8H,5-7H2,1-4H3. The van der Waals surface area contributed by atoms with E-state index in [4.69, 9.17) is 4.74 Å². The minimum Gasteiger partial charge on any atom is -0.373 e. The third-order valence-corrected chi connectivity index (χ3v) is 2.53. The third-order valence-electron chi connectivity index (χ3n) is 2.53. The van der Waals surface area contributed by atoms with Gasteiger partial charge in [-0.3, -0.25) is 4.90 Å². The van der Waals surface area contributed by atoms with Gasteiger partial charge in [-0.25, -0.2) is 0 Å². The maximum Gasteiger partial charge on any atom is 0.139 e. The fourth-order valence-corrected chi connectivity index (χ4v) is 1.58. The molecule has 1 heterocycles. The molecule has 0 N–H and O–H groups in total. The molecule has 1 aliphatic rings. The fraction of sp³-hybridized carbons (Fsp3) is 0.900. The fourth-order valence-electron chi connectivity index (χ4n) is 1.58. The summed E-state index contributed by atoms with van der Waals surface area (Å²) in [6.07, 6.45) is 1.01. The SMILES string of the molecule is CC1(C)CN(C(C)(C)C=O)CCO1. The molecule has 13 heavy (non-hydrogen) atoms. The van der Waals surface area contributed by atoms with Crippen molar-refractivity contribution in [2.24, 2.45) is 0 Å². The predicted octanol–water partition coefficient (Wildman–Crippen LogP) is 1.07. The van der Waals surface area contributed by atoms with Crippen LogP contribution in [0, 0.1) is 0 Å². The second-order valence-electron chi connectivity index (χ2n) is 4.80. The van der Waals surface area contributed by atoms with Crippen molar-refractivity contribution in [2.75, 3.05) is 19.7 Å². The summed E-state index contributed by atoms with van der Waals surface area (Å²) in [5.74, 6) is 0. The Morgan fingerprint density at radius 3 is 2.54 bits per heavy atom. The van der Waals surface area contributed by atoms with Crippen LogP contribution in [-0.2, 0) is 9.53 Å². The van der Waals surface area contributed by atoms with Gasteiger partial charge in [0.05, 0.1) is 17.7 Å². The van der Waals surface area contributed by atoms with Crippen molar-refractivity contribution in [1.29, 1.82) is 0 Å². The topological polar surface area (TPSA) is 29.5 Å². The molecule has 76 valence electrons. The van der Waals surface area contributed by atoms with Crippen molar-refractivity contribution in [1.82, 2.24) is 4.90 Å². The van der Waals surface area contributed by atoms with Gasteiger partial charge in [-0.2, -0.15) is 0 Å². The summed E-state index contributed by atoms with van der Waals surface area (Å²) in [6, 6.07) is 0. The second kappa shape index (κ2) is 3.39. The van der Waals surface area contributed by atoms with Crippen molar-refractivity contribution < 1.29 is 9.53 Å². The quantitative estimate of drug-likeness (QED) is 0.603. The van der Waals surface area contributed by atoms with Crippen LogP contribution in [0.5, 0.6) is 0 Å². The Morgan fingerprint density at radius 2 is 2.08 bits per heavy atom. The van der Waals surface area contributed by atoms with Crippen molar-refractivity contribution in [3.63, 3.8) is 0 Å². The number of rotatable bonds is 2. The first kappa shape index (κ1) is 10.7. The highest BCUT2D eigenvalue weighted by molar-refractivity contribution is 5.62. The van der Waals surface area contributed by atoms with Gasteiger partial charge in [0.15, 0.2) is 0 Å². The van der Waals surface area contributed by atoms with E-state index in [1.807, 2.05) is 13.8 Å². The highest BCUT2D eigenvalue weighted by atomic mass is 16.5. The summed E-state index contributed by atoms with van der Waals surface area (Å²) < 4.78 is 5.58. The Kier molecular flexibility index (Phi) is 2.78. The van der Waals surface area contributed by atoms with Crippen LogP contribution in [0.3, 0.4) is 0 Å². The first-order valence-electron chi connectivity index (χ1n) is 4.73. The van der Waals surface area contributed by atoms with E-state index in [0.29, 0.717) is 6.61 Å². The van der Waals surface area contributed by atoms with Gasteiger partial charge in [0.2, 0.25) is 0 Å². The molecule has 0 atom stereocenters. The van der Waals surface area contributed by atoms with Gasteiger partial charge in [-0.15, -0.1) is 0 Å². The third kappa shape index (κ3) is 2.51. The number of morpholine rings is 1. The van der Waals surface area contributed by atoms with E-state index in [1.54, 1.807) is 0 Å². The van der Waals surface area contributed by atoms with E-state index < -0.39 is 0 Å². The molecule has 1 saturated heterocycles. The highest BCUT2D eigenvalue weighted by Crippen LogP contribution is 2.22. The summed E-state index contributed by atoms with van der Waals surface area (Å²) in [7, 11) is 0. The molecule has 0 aromatic rings. The summed E-state index contributed by atoms with van der Waals surface area (Å²) in [4.78, 5) is 13.0. The van der Waals surface area contributed by atoms with Gasteiger partial charge in [0, 0.05) is 13.1 Å². The minimum absolute atomic E-state index is 0.126. The molecule has 1 fully saturated rings. The number of aldehydes is 1. The lowest BCUT2D eigenvalue weighted by Crippen LogP contribution is -2.56. The molecule has 0 spiro atoms. The monoisotopic (exact) mass is 185 g/mol. The van der Waals surface area contributed by atoms with E-state index in [2.05, 4.69) is 18.7 Å². The first-order chi connectivity index (χ1) is 5.87. The van der Waals surface area contributed by atoms with Crippen LogP contribution in [-0.4, -0.2) is 42.0 Å². The molecule has 0 bridgehead atoms. The van der Waals surface area contributed by atoms with E-state index in [-0.39, 0.29) is 11.1 Å². The molecule has 3 heteroatoms. The zero-order valence-corrected chi connectivity index (χ0v) is 8.96. The van der Waals surface area contributed by atoms with Crippen LogP contribution < -0.4 is 0 Å². The maximum absolute atomic E-state index is 10.9. The lowest BCUT2D eigenvalue weighted by Gasteiger charge is -2.44. The van der Waals surface area contributed by atoms with Gasteiger partial charge >= 0.3 is 0 Å². The van der Waals surface area contributed by atoms with Crippen LogP contribution in [0.4, 0.5) is 0 Å². The molecule has 0 saturated carbocycles. The number of ether oxygens (including phenoxy) is 1. The molecule has 0 aromatic heterocycles. The molecule has 0 aromatic carbocycles. The second-order valence-corrected chi connectivity index (χ2v) is 4.80. The number of carbonyl (C=O) groups is 1. The van der Waals surface area contributed by atoms with E-state index >= 15 is 0 Å². The molecular weight excluding hydrogens is 166 g/mol. The lowest BCUT2D eigenvalue weighted by molar-refractivity contribution is -0.132. The molecule has 1 rings (SSSR count). The first-order valence-corrected chi connectivity index (χ1v) is 4.73. The Morgan fingerprint density at radius 1 is 1.46 bits per heavy atom. The number of carbonyl (C=O) groups excluding carboxylic acids is 1. The van der Waals surface area contributed by atoms with Gasteiger partial charge < -0.3 is 9.53 Å². The minimum atomic E-state index is -0.360. The Hall–Kier alpha value is -0.410. The smallest absolute Gasteiger partial charge is 0.139 e. The highest BCUT2D eigenvalue weighted by Gasteiger charge is 2.35. The van der Waals surface area contributed by atoms with Crippen LogP contribution in [0.25, 0.3) is 0 Å². The normalized spacial score (nSPS) is 24.3. The van der Waals surface area contributed by atoms with Crippen LogP contribution in [0.1, 0.15) is 27.7 Å². The van der Waals surface area contributed by atoms with Gasteiger partial charge in [0.25, 0.3) is 0 Å². The van der Waals surface area contributed by atoms with Crippen LogP contribution >= 0.6 is 0 Å². The predicted molar refractivity (Wildman–Crippen MR) is 51.7 cm³/mol. The number of hydrogen-bond donors (Lipinski definition) is 0.